The molecule has 0 heterocycles. The van der Waals surface area contributed by atoms with Gasteiger partial charge in [0.15, 0.2) is 5.67 Å². The summed E-state index contributed by atoms with van der Waals surface area (Å²) in [4.78, 5) is 0. The number of alkyl halides is 1. The molecule has 0 saturated carbocycles. The van der Waals surface area contributed by atoms with Crippen LogP contribution in [0.2, 0.25) is 0 Å². The van der Waals surface area contributed by atoms with Gasteiger partial charge < -0.3 is 0 Å². The maximum absolute atomic E-state index is 14.3. The van der Waals surface area contributed by atoms with Crippen molar-refractivity contribution in [2.24, 2.45) is 5.41 Å². The third-order valence-corrected chi connectivity index (χ3v) is 2.50. The van der Waals surface area contributed by atoms with Gasteiger partial charge in [-0.1, -0.05) is 39.0 Å². The van der Waals surface area contributed by atoms with E-state index in [2.05, 4.69) is 32.6 Å². The van der Waals surface area contributed by atoms with E-state index in [1.165, 1.54) is 0 Å². The lowest BCUT2D eigenvalue weighted by Gasteiger charge is -2.28. The van der Waals surface area contributed by atoms with Crippen LogP contribution in [0.1, 0.15) is 59.3 Å². The first-order valence-electron chi connectivity index (χ1n) is 5.60. The molecule has 0 aromatic heterocycles. The normalized spacial score (nSPS) is 28.6. The van der Waals surface area contributed by atoms with Gasteiger partial charge in [-0.05, 0) is 31.1 Å². The van der Waals surface area contributed by atoms with E-state index >= 15 is 0 Å². The zero-order chi connectivity index (χ0) is 10.7. The molecular formula is C13H21F. The van der Waals surface area contributed by atoms with Crippen LogP contribution < -0.4 is 0 Å². The average molecular weight is 196 g/mol. The lowest BCUT2D eigenvalue weighted by Crippen LogP contribution is -2.28. The maximum Gasteiger partial charge on any atom is 0.171 e. The van der Waals surface area contributed by atoms with Crippen LogP contribution in [-0.4, -0.2) is 5.67 Å². The third-order valence-electron chi connectivity index (χ3n) is 2.50. The minimum absolute atomic E-state index is 0.0304. The molecule has 0 bridgehead atoms. The van der Waals surface area contributed by atoms with E-state index < -0.39 is 5.67 Å². The largest absolute Gasteiger partial charge is 0.230 e. The van der Waals surface area contributed by atoms with Crippen molar-refractivity contribution in [2.75, 3.05) is 0 Å². The molecule has 0 nitrogen and oxygen atoms in total. The summed E-state index contributed by atoms with van der Waals surface area (Å²) in [6, 6.07) is 0. The molecular weight excluding hydrogens is 175 g/mol. The summed E-state index contributed by atoms with van der Waals surface area (Å²) in [7, 11) is 0. The molecule has 1 aliphatic carbocycles. The molecule has 1 unspecified atom stereocenters. The molecule has 0 radical (unpaired) electrons. The highest BCUT2D eigenvalue weighted by Crippen LogP contribution is 2.34. The summed E-state index contributed by atoms with van der Waals surface area (Å²) in [5.41, 5.74) is -1.19. The second-order valence-corrected chi connectivity index (χ2v) is 5.57. The number of hydrogen-bond donors (Lipinski definition) is 0. The van der Waals surface area contributed by atoms with E-state index in [9.17, 15) is 4.39 Å². The van der Waals surface area contributed by atoms with Crippen LogP contribution >= 0.6 is 0 Å². The van der Waals surface area contributed by atoms with Gasteiger partial charge in [-0.25, -0.2) is 4.39 Å². The second-order valence-electron chi connectivity index (χ2n) is 5.57. The summed E-state index contributed by atoms with van der Waals surface area (Å²) in [5.74, 6) is 5.81. The number of hydrogen-bond acceptors (Lipinski definition) is 0. The fraction of sp³-hybridized carbons (Fsp3) is 0.846. The fourth-order valence-electron chi connectivity index (χ4n) is 2.05. The first-order valence-corrected chi connectivity index (χ1v) is 5.60. The van der Waals surface area contributed by atoms with Gasteiger partial charge in [0.25, 0.3) is 0 Å². The van der Waals surface area contributed by atoms with E-state index in [4.69, 9.17) is 0 Å². The van der Waals surface area contributed by atoms with Gasteiger partial charge in [-0.2, -0.15) is 0 Å². The number of rotatable bonds is 1. The van der Waals surface area contributed by atoms with Gasteiger partial charge in [0.05, 0.1) is 0 Å². The van der Waals surface area contributed by atoms with E-state index in [-0.39, 0.29) is 5.41 Å². The number of halogens is 1. The van der Waals surface area contributed by atoms with Crippen molar-refractivity contribution < 1.29 is 4.39 Å². The molecule has 1 rings (SSSR count). The van der Waals surface area contributed by atoms with Gasteiger partial charge in [0.1, 0.15) is 0 Å². The topological polar surface area (TPSA) is 0 Å². The zero-order valence-corrected chi connectivity index (χ0v) is 9.62. The summed E-state index contributed by atoms with van der Waals surface area (Å²) in [6.45, 7) is 6.23. The SMILES string of the molecule is CC(C)(C)CC1(F)C#CCCCCC1. The molecule has 14 heavy (non-hydrogen) atoms. The Morgan fingerprint density at radius 1 is 1.21 bits per heavy atom. The second kappa shape index (κ2) is 4.34. The third kappa shape index (κ3) is 4.13. The van der Waals surface area contributed by atoms with Crippen molar-refractivity contribution in [3.8, 4) is 11.8 Å². The Bertz CT molecular complexity index is 238. The van der Waals surface area contributed by atoms with Crippen LogP contribution in [0, 0.1) is 17.3 Å². The van der Waals surface area contributed by atoms with E-state index in [1.54, 1.807) is 0 Å². The smallest absolute Gasteiger partial charge is 0.171 e. The van der Waals surface area contributed by atoms with E-state index in [1.807, 2.05) is 0 Å². The van der Waals surface area contributed by atoms with Crippen LogP contribution in [0.15, 0.2) is 0 Å². The fourth-order valence-corrected chi connectivity index (χ4v) is 2.05. The van der Waals surface area contributed by atoms with Gasteiger partial charge >= 0.3 is 0 Å². The van der Waals surface area contributed by atoms with Crippen LogP contribution in [0.5, 0.6) is 0 Å². The van der Waals surface area contributed by atoms with Crippen molar-refractivity contribution in [2.45, 2.75) is 65.0 Å². The van der Waals surface area contributed by atoms with Crippen molar-refractivity contribution in [1.29, 1.82) is 0 Å². The minimum Gasteiger partial charge on any atom is -0.230 e. The monoisotopic (exact) mass is 196 g/mol. The molecule has 0 saturated heterocycles. The van der Waals surface area contributed by atoms with Crippen molar-refractivity contribution in [3.05, 3.63) is 0 Å². The predicted molar refractivity (Wildman–Crippen MR) is 58.8 cm³/mol. The van der Waals surface area contributed by atoms with Crippen LogP contribution in [0.3, 0.4) is 0 Å². The van der Waals surface area contributed by atoms with Crippen LogP contribution in [0.4, 0.5) is 4.39 Å². The highest BCUT2D eigenvalue weighted by Gasteiger charge is 2.32. The molecule has 1 aliphatic rings. The van der Waals surface area contributed by atoms with E-state index in [0.29, 0.717) is 12.8 Å². The minimum atomic E-state index is -1.22. The van der Waals surface area contributed by atoms with Gasteiger partial charge in [-0.15, -0.1) is 0 Å². The van der Waals surface area contributed by atoms with Crippen molar-refractivity contribution >= 4 is 0 Å². The molecule has 0 aromatic rings. The summed E-state index contributed by atoms with van der Waals surface area (Å²) in [5, 5.41) is 0. The van der Waals surface area contributed by atoms with Gasteiger partial charge in [0, 0.05) is 6.42 Å². The van der Waals surface area contributed by atoms with Crippen molar-refractivity contribution in [1.82, 2.24) is 0 Å². The maximum atomic E-state index is 14.3. The zero-order valence-electron chi connectivity index (χ0n) is 9.62. The summed E-state index contributed by atoms with van der Waals surface area (Å²) >= 11 is 0. The molecule has 0 N–H and O–H groups in total. The molecule has 1 atom stereocenters. The first kappa shape index (κ1) is 11.6. The lowest BCUT2D eigenvalue weighted by molar-refractivity contribution is 0.143. The Labute approximate surface area is 87.3 Å². The molecule has 0 aliphatic heterocycles. The average Bonchev–Trinajstić information content (AvgIpc) is 1.95. The Kier molecular flexibility index (Phi) is 3.59. The highest BCUT2D eigenvalue weighted by molar-refractivity contribution is 5.15. The highest BCUT2D eigenvalue weighted by atomic mass is 19.1. The molecule has 0 amide bonds. The van der Waals surface area contributed by atoms with Gasteiger partial charge in [0.2, 0.25) is 0 Å². The van der Waals surface area contributed by atoms with E-state index in [0.717, 1.165) is 25.7 Å². The quantitative estimate of drug-likeness (QED) is 0.554. The standard InChI is InChI=1S/C13H21F/c1-12(2,3)11-13(14)9-7-5-4-6-8-10-13/h4-7,9,11H2,1-3H3. The Balaban J connectivity index is 2.68. The first-order chi connectivity index (χ1) is 6.41. The Morgan fingerprint density at radius 2 is 1.93 bits per heavy atom. The summed E-state index contributed by atoms with van der Waals surface area (Å²) < 4.78 is 14.3. The molecule has 0 fully saturated rings. The van der Waals surface area contributed by atoms with Gasteiger partial charge in [-0.3, -0.25) is 0 Å². The molecule has 0 aromatic carbocycles. The van der Waals surface area contributed by atoms with Crippen molar-refractivity contribution in [3.63, 3.8) is 0 Å². The molecule has 80 valence electrons. The summed E-state index contributed by atoms with van der Waals surface area (Å²) in [6.07, 6.45) is 5.31. The predicted octanol–water partition coefficient (Wildman–Crippen LogP) is 4.10. The molecule has 1 heteroatoms. The lowest BCUT2D eigenvalue weighted by atomic mass is 9.80. The Morgan fingerprint density at radius 3 is 2.57 bits per heavy atom. The Hall–Kier alpha value is -0.510. The van der Waals surface area contributed by atoms with Crippen LogP contribution in [-0.2, 0) is 0 Å². The van der Waals surface area contributed by atoms with Crippen LogP contribution in [0.25, 0.3) is 0 Å². The molecule has 0 spiro atoms.